The van der Waals surface area contributed by atoms with Gasteiger partial charge in [-0.05, 0) is 31.0 Å². The highest BCUT2D eigenvalue weighted by Crippen LogP contribution is 2.20. The number of hydrogen-bond donors (Lipinski definition) is 1. The summed E-state index contributed by atoms with van der Waals surface area (Å²) in [5.74, 6) is -0.0981. The minimum Gasteiger partial charge on any atom is -0.335 e. The Bertz CT molecular complexity index is 1010. The lowest BCUT2D eigenvalue weighted by Gasteiger charge is -2.25. The number of nitrogens with one attached hydrogen (secondary N) is 1. The van der Waals surface area contributed by atoms with E-state index < -0.39 is 0 Å². The highest BCUT2D eigenvalue weighted by Gasteiger charge is 2.35. The first-order chi connectivity index (χ1) is 14.3. The summed E-state index contributed by atoms with van der Waals surface area (Å²) in [6.45, 7) is 5.60. The Morgan fingerprint density at radius 2 is 1.97 bits per heavy atom. The largest absolute Gasteiger partial charge is 0.338 e. The molecule has 3 rings (SSSR count). The number of amides is 3. The molecule has 0 saturated heterocycles. The van der Waals surface area contributed by atoms with E-state index in [4.69, 9.17) is 5.26 Å². The van der Waals surface area contributed by atoms with Crippen LogP contribution >= 0.6 is 0 Å². The number of hydrogen-bond acceptors (Lipinski definition) is 5. The van der Waals surface area contributed by atoms with Gasteiger partial charge in [0.25, 0.3) is 0 Å². The fraction of sp³-hybridized carbons (Fsp3) is 0.318. The molecule has 0 saturated carbocycles. The summed E-state index contributed by atoms with van der Waals surface area (Å²) in [5.41, 5.74) is 3.77. The summed E-state index contributed by atoms with van der Waals surface area (Å²) < 4.78 is 0. The van der Waals surface area contributed by atoms with Gasteiger partial charge in [0.1, 0.15) is 11.8 Å². The maximum absolute atomic E-state index is 12.9. The van der Waals surface area contributed by atoms with Crippen LogP contribution in [0.5, 0.6) is 0 Å². The van der Waals surface area contributed by atoms with Gasteiger partial charge in [-0.3, -0.25) is 4.79 Å². The van der Waals surface area contributed by atoms with Crippen molar-refractivity contribution in [3.8, 4) is 6.07 Å². The number of benzene rings is 1. The van der Waals surface area contributed by atoms with Crippen molar-refractivity contribution in [3.05, 3.63) is 65.0 Å². The Labute approximate surface area is 175 Å². The number of likely N-dealkylation sites (N-methyl/N-ethyl adjacent to an activating group) is 1. The monoisotopic (exact) mass is 404 g/mol. The lowest BCUT2D eigenvalue weighted by atomic mass is 10.0. The average Bonchev–Trinajstić information content (AvgIpc) is 3.19. The van der Waals surface area contributed by atoms with Gasteiger partial charge in [0, 0.05) is 20.2 Å². The van der Waals surface area contributed by atoms with E-state index >= 15 is 0 Å². The van der Waals surface area contributed by atoms with Crippen LogP contribution in [-0.2, 0) is 4.79 Å². The fourth-order valence-corrected chi connectivity index (χ4v) is 3.19. The van der Waals surface area contributed by atoms with Crippen LogP contribution in [0.15, 0.2) is 47.7 Å². The third-order valence-corrected chi connectivity index (χ3v) is 5.18. The van der Waals surface area contributed by atoms with Crippen LogP contribution in [0.2, 0.25) is 0 Å². The summed E-state index contributed by atoms with van der Waals surface area (Å²) in [6, 6.07) is 12.2. The van der Waals surface area contributed by atoms with Gasteiger partial charge in [0.2, 0.25) is 5.91 Å². The number of carbonyl (C=O) groups is 2. The molecule has 8 heteroatoms. The average molecular weight is 404 g/mol. The molecule has 0 bridgehead atoms. The van der Waals surface area contributed by atoms with E-state index in [0.29, 0.717) is 11.4 Å². The number of urea groups is 1. The predicted molar refractivity (Wildman–Crippen MR) is 113 cm³/mol. The molecule has 154 valence electrons. The van der Waals surface area contributed by atoms with Crippen molar-refractivity contribution >= 4 is 17.6 Å². The number of rotatable bonds is 4. The van der Waals surface area contributed by atoms with Crippen molar-refractivity contribution in [1.82, 2.24) is 20.2 Å². The second-order valence-corrected chi connectivity index (χ2v) is 7.34. The number of carbonyl (C=O) groups excluding carboxylic acids is 2. The normalized spacial score (nSPS) is 16.4. The summed E-state index contributed by atoms with van der Waals surface area (Å²) in [4.78, 5) is 30.5. The van der Waals surface area contributed by atoms with Crippen molar-refractivity contribution < 1.29 is 9.59 Å². The van der Waals surface area contributed by atoms with E-state index in [1.807, 2.05) is 44.2 Å². The van der Waals surface area contributed by atoms with Crippen LogP contribution in [0.4, 0.5) is 4.79 Å². The molecular weight excluding hydrogens is 380 g/mol. The Morgan fingerprint density at radius 3 is 2.53 bits per heavy atom. The van der Waals surface area contributed by atoms with E-state index in [1.165, 1.54) is 11.9 Å². The molecule has 0 aliphatic carbocycles. The van der Waals surface area contributed by atoms with Gasteiger partial charge in [-0.25, -0.2) is 14.8 Å². The molecule has 0 unspecified atom stereocenters. The quantitative estimate of drug-likeness (QED) is 0.846. The van der Waals surface area contributed by atoms with E-state index in [9.17, 15) is 9.59 Å². The second kappa shape index (κ2) is 8.74. The molecular formula is C22H24N6O2. The molecule has 2 aromatic rings. The lowest BCUT2D eigenvalue weighted by Crippen LogP contribution is -2.45. The van der Waals surface area contributed by atoms with Gasteiger partial charge in [-0.1, -0.05) is 35.9 Å². The molecule has 2 atom stereocenters. The summed E-state index contributed by atoms with van der Waals surface area (Å²) in [7, 11) is 1.71. The third kappa shape index (κ3) is 4.46. The van der Waals surface area contributed by atoms with Gasteiger partial charge in [-0.2, -0.15) is 10.4 Å². The standard InChI is InChI=1S/C22H24N6O2/c1-14-5-7-17(8-6-14)21-20(27(4)16(3)29)13-28(26-21)22(30)25-15(2)18-9-10-19(11-23)24-12-18/h5-10,12,15,20H,13H2,1-4H3,(H,25,30)/t15-,20-/m1/s1. The van der Waals surface area contributed by atoms with E-state index in [-0.39, 0.29) is 30.6 Å². The minimum absolute atomic E-state index is 0.0981. The molecule has 1 N–H and O–H groups in total. The predicted octanol–water partition coefficient (Wildman–Crippen LogP) is 2.60. The first-order valence-electron chi connectivity index (χ1n) is 9.63. The first kappa shape index (κ1) is 21.0. The summed E-state index contributed by atoms with van der Waals surface area (Å²) in [5, 5.41) is 17.7. The van der Waals surface area contributed by atoms with Gasteiger partial charge in [0.15, 0.2) is 0 Å². The highest BCUT2D eigenvalue weighted by molar-refractivity contribution is 6.07. The Balaban J connectivity index is 1.80. The number of nitriles is 1. The van der Waals surface area contributed by atoms with Crippen LogP contribution in [-0.4, -0.2) is 52.2 Å². The molecule has 0 radical (unpaired) electrons. The SMILES string of the molecule is CC(=O)N(C)[C@@H]1CN(C(=O)N[C@H](C)c2ccc(C#N)nc2)N=C1c1ccc(C)cc1. The molecule has 1 aromatic heterocycles. The zero-order valence-corrected chi connectivity index (χ0v) is 17.5. The lowest BCUT2D eigenvalue weighted by molar-refractivity contribution is -0.128. The molecule has 3 amide bonds. The topological polar surface area (TPSA) is 102 Å². The second-order valence-electron chi connectivity index (χ2n) is 7.34. The molecule has 8 nitrogen and oxygen atoms in total. The van der Waals surface area contributed by atoms with Crippen LogP contribution in [0.3, 0.4) is 0 Å². The van der Waals surface area contributed by atoms with Crippen LogP contribution < -0.4 is 5.32 Å². The minimum atomic E-state index is -0.365. The van der Waals surface area contributed by atoms with E-state index in [2.05, 4.69) is 15.4 Å². The van der Waals surface area contributed by atoms with Gasteiger partial charge >= 0.3 is 6.03 Å². The van der Waals surface area contributed by atoms with Crippen LogP contribution in [0.25, 0.3) is 0 Å². The van der Waals surface area contributed by atoms with Gasteiger partial charge < -0.3 is 10.2 Å². The number of nitrogens with zero attached hydrogens (tertiary/aromatic N) is 5. The smallest absolute Gasteiger partial charge is 0.335 e. The number of hydrazone groups is 1. The Morgan fingerprint density at radius 1 is 1.27 bits per heavy atom. The molecule has 1 aliphatic heterocycles. The highest BCUT2D eigenvalue weighted by atomic mass is 16.2. The number of pyridine rings is 1. The van der Waals surface area contributed by atoms with Crippen molar-refractivity contribution in [2.45, 2.75) is 32.9 Å². The molecule has 1 aromatic carbocycles. The van der Waals surface area contributed by atoms with Crippen LogP contribution in [0, 0.1) is 18.3 Å². The maximum atomic E-state index is 12.9. The fourth-order valence-electron chi connectivity index (χ4n) is 3.19. The molecule has 1 aliphatic rings. The molecule has 2 heterocycles. The zero-order chi connectivity index (χ0) is 21.8. The van der Waals surface area contributed by atoms with Crippen molar-refractivity contribution in [3.63, 3.8) is 0 Å². The number of aryl methyl sites for hydroxylation is 1. The molecule has 0 spiro atoms. The van der Waals surface area contributed by atoms with Crippen molar-refractivity contribution in [2.24, 2.45) is 5.10 Å². The Hall–Kier alpha value is -3.73. The third-order valence-electron chi connectivity index (χ3n) is 5.18. The van der Waals surface area contributed by atoms with E-state index in [1.54, 1.807) is 30.3 Å². The number of aromatic nitrogens is 1. The van der Waals surface area contributed by atoms with Gasteiger partial charge in [0.05, 0.1) is 24.3 Å². The Kier molecular flexibility index (Phi) is 6.11. The molecule has 0 fully saturated rings. The zero-order valence-electron chi connectivity index (χ0n) is 17.5. The summed E-state index contributed by atoms with van der Waals surface area (Å²) >= 11 is 0. The molecule has 30 heavy (non-hydrogen) atoms. The summed E-state index contributed by atoms with van der Waals surface area (Å²) in [6.07, 6.45) is 1.57. The maximum Gasteiger partial charge on any atom is 0.338 e. The first-order valence-corrected chi connectivity index (χ1v) is 9.63. The van der Waals surface area contributed by atoms with Crippen molar-refractivity contribution in [1.29, 1.82) is 5.26 Å². The van der Waals surface area contributed by atoms with E-state index in [0.717, 1.165) is 16.7 Å². The van der Waals surface area contributed by atoms with Crippen LogP contribution in [0.1, 0.15) is 42.3 Å². The van der Waals surface area contributed by atoms with Crippen molar-refractivity contribution in [2.75, 3.05) is 13.6 Å². The van der Waals surface area contributed by atoms with Gasteiger partial charge in [-0.15, -0.1) is 0 Å².